The highest BCUT2D eigenvalue weighted by atomic mass is 16.6. The Morgan fingerprint density at radius 3 is 2.16 bits per heavy atom. The van der Waals surface area contributed by atoms with Gasteiger partial charge in [0, 0.05) is 13.1 Å². The number of likely N-dealkylation sites (N-methyl/N-ethyl adjacent to an activating group) is 1. The Hall–Kier alpha value is -2.61. The first-order valence-corrected chi connectivity index (χ1v) is 11.2. The molecular formula is C24H39N3O5. The van der Waals surface area contributed by atoms with Crippen molar-refractivity contribution in [3.8, 4) is 0 Å². The molecule has 3 unspecified atom stereocenters. The van der Waals surface area contributed by atoms with E-state index in [9.17, 15) is 19.5 Å². The maximum Gasteiger partial charge on any atom is 0.408 e. The number of nitrogens with zero attached hydrogens (tertiary/aromatic N) is 1. The Kier molecular flexibility index (Phi) is 10.7. The maximum absolute atomic E-state index is 13.2. The molecule has 0 heterocycles. The van der Waals surface area contributed by atoms with Gasteiger partial charge in [0.1, 0.15) is 17.7 Å². The van der Waals surface area contributed by atoms with E-state index in [2.05, 4.69) is 10.6 Å². The quantitative estimate of drug-likeness (QED) is 0.509. The van der Waals surface area contributed by atoms with Gasteiger partial charge in [-0.25, -0.2) is 4.79 Å². The first kappa shape index (κ1) is 27.4. The second-order valence-electron chi connectivity index (χ2n) is 9.03. The van der Waals surface area contributed by atoms with E-state index in [0.29, 0.717) is 5.56 Å². The van der Waals surface area contributed by atoms with Gasteiger partial charge in [-0.05, 0) is 51.7 Å². The molecule has 3 N–H and O–H groups in total. The molecule has 3 amide bonds. The van der Waals surface area contributed by atoms with Crippen molar-refractivity contribution in [3.05, 3.63) is 35.4 Å². The maximum atomic E-state index is 13.2. The average Bonchev–Trinajstić information content (AvgIpc) is 2.70. The number of rotatable bonds is 10. The molecule has 0 aliphatic heterocycles. The molecule has 180 valence electrons. The van der Waals surface area contributed by atoms with Crippen LogP contribution in [0.1, 0.15) is 71.6 Å². The molecule has 0 saturated heterocycles. The number of aliphatic hydroxyl groups is 1. The van der Waals surface area contributed by atoms with Crippen molar-refractivity contribution in [1.82, 2.24) is 15.5 Å². The molecule has 32 heavy (non-hydrogen) atoms. The SMILES string of the molecule is CCCC(C)NC(=O)C(c1ccc(CC)cc1)N(C)C(=O)C(CO)NC(=O)OC(C)(C)C. The second kappa shape index (κ2) is 12.4. The second-order valence-corrected chi connectivity index (χ2v) is 9.03. The van der Waals surface area contributed by atoms with Gasteiger partial charge in [-0.3, -0.25) is 9.59 Å². The van der Waals surface area contributed by atoms with E-state index in [1.807, 2.05) is 45.0 Å². The Morgan fingerprint density at radius 1 is 1.09 bits per heavy atom. The number of hydrogen-bond acceptors (Lipinski definition) is 5. The lowest BCUT2D eigenvalue weighted by Gasteiger charge is -2.32. The summed E-state index contributed by atoms with van der Waals surface area (Å²) in [5.41, 5.74) is 1.01. The van der Waals surface area contributed by atoms with Crippen LogP contribution >= 0.6 is 0 Å². The highest BCUT2D eigenvalue weighted by Crippen LogP contribution is 2.22. The summed E-state index contributed by atoms with van der Waals surface area (Å²) in [6, 6.07) is 5.29. The highest BCUT2D eigenvalue weighted by molar-refractivity contribution is 5.92. The molecule has 0 bridgehead atoms. The third-order valence-corrected chi connectivity index (χ3v) is 4.97. The van der Waals surface area contributed by atoms with E-state index < -0.39 is 36.3 Å². The molecule has 0 aromatic heterocycles. The molecule has 0 saturated carbocycles. The van der Waals surface area contributed by atoms with Gasteiger partial charge >= 0.3 is 6.09 Å². The lowest BCUT2D eigenvalue weighted by molar-refractivity contribution is -0.141. The van der Waals surface area contributed by atoms with E-state index in [1.165, 1.54) is 11.9 Å². The van der Waals surface area contributed by atoms with Crippen LogP contribution in [-0.2, 0) is 20.7 Å². The minimum Gasteiger partial charge on any atom is -0.444 e. The van der Waals surface area contributed by atoms with Gasteiger partial charge in [-0.2, -0.15) is 0 Å². The molecule has 3 atom stereocenters. The molecule has 0 fully saturated rings. The van der Waals surface area contributed by atoms with Gasteiger partial charge in [0.05, 0.1) is 6.61 Å². The number of benzene rings is 1. The van der Waals surface area contributed by atoms with Gasteiger partial charge in [-0.1, -0.05) is 44.5 Å². The fraction of sp³-hybridized carbons (Fsp3) is 0.625. The summed E-state index contributed by atoms with van der Waals surface area (Å²) in [5, 5.41) is 15.1. The fourth-order valence-electron chi connectivity index (χ4n) is 3.32. The Labute approximate surface area is 191 Å². The number of amides is 3. The summed E-state index contributed by atoms with van der Waals surface area (Å²) in [4.78, 5) is 39.7. The number of alkyl carbamates (subject to hydrolysis) is 1. The van der Waals surface area contributed by atoms with Crippen LogP contribution in [0.25, 0.3) is 0 Å². The zero-order valence-electron chi connectivity index (χ0n) is 20.4. The molecule has 0 aliphatic carbocycles. The van der Waals surface area contributed by atoms with Crippen molar-refractivity contribution in [3.63, 3.8) is 0 Å². The molecular weight excluding hydrogens is 410 g/mol. The standard InChI is InChI=1S/C24H39N3O5/c1-8-10-16(3)25-21(29)20(18-13-11-17(9-2)12-14-18)27(7)22(30)19(15-28)26-23(31)32-24(4,5)6/h11-14,16,19-20,28H,8-10,15H2,1-7H3,(H,25,29)(H,26,31). The number of hydrogen-bond donors (Lipinski definition) is 3. The summed E-state index contributed by atoms with van der Waals surface area (Å²) >= 11 is 0. The third-order valence-electron chi connectivity index (χ3n) is 4.97. The van der Waals surface area contributed by atoms with Gasteiger partial charge < -0.3 is 25.4 Å². The first-order valence-electron chi connectivity index (χ1n) is 11.2. The van der Waals surface area contributed by atoms with E-state index in [-0.39, 0.29) is 11.9 Å². The minimum absolute atomic E-state index is 0.0538. The highest BCUT2D eigenvalue weighted by Gasteiger charge is 2.34. The zero-order valence-corrected chi connectivity index (χ0v) is 20.4. The van der Waals surface area contributed by atoms with Crippen LogP contribution in [0.4, 0.5) is 4.79 Å². The largest absolute Gasteiger partial charge is 0.444 e. The van der Waals surface area contributed by atoms with Gasteiger partial charge in [0.15, 0.2) is 0 Å². The lowest BCUT2D eigenvalue weighted by atomic mass is 10.0. The smallest absolute Gasteiger partial charge is 0.408 e. The molecule has 8 nitrogen and oxygen atoms in total. The van der Waals surface area contributed by atoms with Crippen LogP contribution in [-0.4, -0.2) is 59.3 Å². The van der Waals surface area contributed by atoms with Crippen molar-refractivity contribution in [1.29, 1.82) is 0 Å². The summed E-state index contributed by atoms with van der Waals surface area (Å²) in [5.74, 6) is -0.916. The van der Waals surface area contributed by atoms with Crippen LogP contribution in [0, 0.1) is 0 Å². The van der Waals surface area contributed by atoms with Crippen LogP contribution in [0.15, 0.2) is 24.3 Å². The molecule has 1 aromatic rings. The first-order chi connectivity index (χ1) is 14.9. The van der Waals surface area contributed by atoms with Crippen molar-refractivity contribution >= 4 is 17.9 Å². The molecule has 0 spiro atoms. The Balaban J connectivity index is 3.15. The van der Waals surface area contributed by atoms with Crippen LogP contribution in [0.3, 0.4) is 0 Å². The molecule has 1 aromatic carbocycles. The predicted molar refractivity (Wildman–Crippen MR) is 124 cm³/mol. The number of aryl methyl sites for hydroxylation is 1. The molecule has 8 heteroatoms. The zero-order chi connectivity index (χ0) is 24.5. The predicted octanol–water partition coefficient (Wildman–Crippen LogP) is 2.94. The van der Waals surface area contributed by atoms with E-state index in [1.54, 1.807) is 20.8 Å². The third kappa shape index (κ3) is 8.49. The van der Waals surface area contributed by atoms with Crippen LogP contribution in [0.5, 0.6) is 0 Å². The minimum atomic E-state index is -1.24. The topological polar surface area (TPSA) is 108 Å². The summed E-state index contributed by atoms with van der Waals surface area (Å²) in [6.07, 6.45) is 1.76. The van der Waals surface area contributed by atoms with Crippen molar-refractivity contribution in [2.45, 2.75) is 84.5 Å². The normalized spacial score (nSPS) is 14.1. The lowest BCUT2D eigenvalue weighted by Crippen LogP contribution is -2.53. The molecule has 1 rings (SSSR count). The van der Waals surface area contributed by atoms with E-state index in [0.717, 1.165) is 24.8 Å². The number of ether oxygens (including phenoxy) is 1. The number of carbonyl (C=O) groups is 3. The summed E-state index contributed by atoms with van der Waals surface area (Å²) < 4.78 is 5.19. The van der Waals surface area contributed by atoms with Crippen LogP contribution < -0.4 is 10.6 Å². The number of aliphatic hydroxyl groups excluding tert-OH is 1. The van der Waals surface area contributed by atoms with Crippen molar-refractivity contribution in [2.75, 3.05) is 13.7 Å². The fourth-order valence-corrected chi connectivity index (χ4v) is 3.32. The van der Waals surface area contributed by atoms with Crippen molar-refractivity contribution in [2.24, 2.45) is 0 Å². The van der Waals surface area contributed by atoms with Crippen LogP contribution in [0.2, 0.25) is 0 Å². The summed E-state index contributed by atoms with van der Waals surface area (Å²) in [7, 11) is 1.49. The molecule has 0 aliphatic rings. The number of carbonyl (C=O) groups excluding carboxylic acids is 3. The monoisotopic (exact) mass is 449 g/mol. The van der Waals surface area contributed by atoms with E-state index >= 15 is 0 Å². The van der Waals surface area contributed by atoms with Crippen molar-refractivity contribution < 1.29 is 24.2 Å². The Bertz CT molecular complexity index is 758. The van der Waals surface area contributed by atoms with Gasteiger partial charge in [0.2, 0.25) is 11.8 Å². The average molecular weight is 450 g/mol. The van der Waals surface area contributed by atoms with Gasteiger partial charge in [-0.15, -0.1) is 0 Å². The summed E-state index contributed by atoms with van der Waals surface area (Å²) in [6.45, 7) is 10.5. The Morgan fingerprint density at radius 2 is 1.69 bits per heavy atom. The molecule has 0 radical (unpaired) electrons. The van der Waals surface area contributed by atoms with E-state index in [4.69, 9.17) is 4.74 Å². The van der Waals surface area contributed by atoms with Gasteiger partial charge in [0.25, 0.3) is 0 Å². The number of nitrogens with one attached hydrogen (secondary N) is 2.